The molecular weight excluding hydrogens is 356 g/mol. The van der Waals surface area contributed by atoms with Gasteiger partial charge in [-0.15, -0.1) is 0 Å². The molecule has 2 aromatic heterocycles. The van der Waals surface area contributed by atoms with Crippen LogP contribution in [0.4, 0.5) is 0 Å². The molecule has 28 heavy (non-hydrogen) atoms. The first kappa shape index (κ1) is 18.2. The quantitative estimate of drug-likeness (QED) is 0.679. The number of carbonyl (C=O) groups is 1. The van der Waals surface area contributed by atoms with Crippen molar-refractivity contribution in [2.45, 2.75) is 25.2 Å². The number of amides is 1. The van der Waals surface area contributed by atoms with Gasteiger partial charge in [-0.2, -0.15) is 0 Å². The maximum atomic E-state index is 12.6. The summed E-state index contributed by atoms with van der Waals surface area (Å²) in [6, 6.07) is 7.90. The Morgan fingerprint density at radius 3 is 2.82 bits per heavy atom. The Balaban J connectivity index is 1.42. The highest BCUT2D eigenvalue weighted by atomic mass is 16.5. The first-order valence-corrected chi connectivity index (χ1v) is 9.36. The van der Waals surface area contributed by atoms with Crippen LogP contribution in [0.3, 0.4) is 0 Å². The van der Waals surface area contributed by atoms with E-state index in [4.69, 9.17) is 9.15 Å². The van der Waals surface area contributed by atoms with Crippen LogP contribution in [-0.4, -0.2) is 46.0 Å². The second-order valence-electron chi connectivity index (χ2n) is 6.87. The maximum Gasteiger partial charge on any atom is 0.274 e. The summed E-state index contributed by atoms with van der Waals surface area (Å²) in [6.45, 7) is 1.29. The molecule has 0 radical (unpaired) electrons. The van der Waals surface area contributed by atoms with Gasteiger partial charge in [0.1, 0.15) is 17.2 Å². The molecule has 1 aliphatic heterocycles. The molecule has 4 rings (SSSR count). The number of likely N-dealkylation sites (tertiary alicyclic amines) is 1. The molecule has 0 saturated carbocycles. The zero-order valence-electron chi connectivity index (χ0n) is 15.7. The minimum Gasteiger partial charge on any atom is -0.497 e. The fraction of sp³-hybridized carbons (Fsp3) is 0.333. The van der Waals surface area contributed by atoms with E-state index < -0.39 is 0 Å². The summed E-state index contributed by atoms with van der Waals surface area (Å²) in [4.78, 5) is 27.0. The van der Waals surface area contributed by atoms with Crippen molar-refractivity contribution in [3.8, 4) is 5.75 Å². The van der Waals surface area contributed by atoms with Crippen molar-refractivity contribution in [3.63, 3.8) is 0 Å². The molecule has 0 N–H and O–H groups in total. The van der Waals surface area contributed by atoms with E-state index in [-0.39, 0.29) is 11.8 Å². The summed E-state index contributed by atoms with van der Waals surface area (Å²) >= 11 is 0. The molecule has 3 heterocycles. The summed E-state index contributed by atoms with van der Waals surface area (Å²) in [7, 11) is 1.65. The maximum absolute atomic E-state index is 12.6. The summed E-state index contributed by atoms with van der Waals surface area (Å²) in [6.07, 6.45) is 8.92. The normalized spacial score (nSPS) is 16.8. The molecule has 1 atom stereocenters. The summed E-state index contributed by atoms with van der Waals surface area (Å²) in [5.41, 5.74) is 1.50. The van der Waals surface area contributed by atoms with Gasteiger partial charge in [-0.1, -0.05) is 12.1 Å². The van der Waals surface area contributed by atoms with Gasteiger partial charge in [0.2, 0.25) is 0 Å². The average Bonchev–Trinajstić information content (AvgIpc) is 3.23. The van der Waals surface area contributed by atoms with E-state index in [0.717, 1.165) is 29.9 Å². The molecular formula is C21H22N4O3. The predicted molar refractivity (Wildman–Crippen MR) is 102 cm³/mol. The Labute approximate surface area is 163 Å². The highest BCUT2D eigenvalue weighted by Gasteiger charge is 2.29. The molecule has 1 aliphatic rings. The zero-order chi connectivity index (χ0) is 19.3. The molecule has 7 heteroatoms. The van der Waals surface area contributed by atoms with Gasteiger partial charge in [-0.05, 0) is 30.5 Å². The lowest BCUT2D eigenvalue weighted by atomic mass is 9.98. The van der Waals surface area contributed by atoms with Gasteiger partial charge in [-0.25, -0.2) is 9.97 Å². The Bertz CT molecular complexity index is 924. The average molecular weight is 378 g/mol. The van der Waals surface area contributed by atoms with Gasteiger partial charge >= 0.3 is 0 Å². The summed E-state index contributed by atoms with van der Waals surface area (Å²) in [5, 5.41) is 0. The monoisotopic (exact) mass is 378 g/mol. The van der Waals surface area contributed by atoms with E-state index in [2.05, 4.69) is 15.0 Å². The van der Waals surface area contributed by atoms with Crippen molar-refractivity contribution >= 4 is 5.91 Å². The van der Waals surface area contributed by atoms with E-state index in [1.807, 2.05) is 29.2 Å². The van der Waals surface area contributed by atoms with Gasteiger partial charge in [0.25, 0.3) is 5.91 Å². The number of carbonyl (C=O) groups excluding carboxylic acids is 1. The van der Waals surface area contributed by atoms with E-state index in [9.17, 15) is 4.79 Å². The smallest absolute Gasteiger partial charge is 0.274 e. The zero-order valence-corrected chi connectivity index (χ0v) is 15.7. The Hall–Kier alpha value is -3.22. The largest absolute Gasteiger partial charge is 0.497 e. The molecule has 0 aliphatic carbocycles. The number of hydrogen-bond acceptors (Lipinski definition) is 6. The minimum atomic E-state index is -0.0946. The molecule has 0 spiro atoms. The molecule has 1 amide bonds. The van der Waals surface area contributed by atoms with E-state index in [1.54, 1.807) is 19.5 Å². The van der Waals surface area contributed by atoms with E-state index in [0.29, 0.717) is 31.1 Å². The number of rotatable bonds is 5. The van der Waals surface area contributed by atoms with Crippen LogP contribution in [0.2, 0.25) is 0 Å². The first-order chi connectivity index (χ1) is 13.7. The van der Waals surface area contributed by atoms with Crippen LogP contribution in [0, 0.1) is 0 Å². The van der Waals surface area contributed by atoms with Crippen molar-refractivity contribution in [2.24, 2.45) is 0 Å². The third kappa shape index (κ3) is 4.03. The number of benzene rings is 1. The van der Waals surface area contributed by atoms with Crippen molar-refractivity contribution in [3.05, 3.63) is 72.0 Å². The number of oxazole rings is 1. The van der Waals surface area contributed by atoms with Crippen molar-refractivity contribution in [1.82, 2.24) is 19.9 Å². The van der Waals surface area contributed by atoms with Gasteiger partial charge in [0.05, 0.1) is 25.4 Å². The molecule has 1 saturated heterocycles. The van der Waals surface area contributed by atoms with Crippen LogP contribution in [-0.2, 0) is 6.42 Å². The number of nitrogens with zero attached hydrogens (tertiary/aromatic N) is 4. The fourth-order valence-electron chi connectivity index (χ4n) is 3.47. The topological polar surface area (TPSA) is 81.4 Å². The van der Waals surface area contributed by atoms with Gasteiger partial charge in [0.15, 0.2) is 5.89 Å². The molecule has 3 aromatic rings. The van der Waals surface area contributed by atoms with Crippen LogP contribution in [0.5, 0.6) is 5.75 Å². The fourth-order valence-corrected chi connectivity index (χ4v) is 3.47. The first-order valence-electron chi connectivity index (χ1n) is 9.36. The van der Waals surface area contributed by atoms with Gasteiger partial charge in [-0.3, -0.25) is 9.78 Å². The van der Waals surface area contributed by atoms with Crippen LogP contribution < -0.4 is 4.74 Å². The summed E-state index contributed by atoms with van der Waals surface area (Å²) in [5.74, 6) is 2.34. The summed E-state index contributed by atoms with van der Waals surface area (Å²) < 4.78 is 11.2. The highest BCUT2D eigenvalue weighted by molar-refractivity contribution is 5.92. The van der Waals surface area contributed by atoms with Crippen LogP contribution >= 0.6 is 0 Å². The molecule has 7 nitrogen and oxygen atoms in total. The lowest BCUT2D eigenvalue weighted by Gasteiger charge is -2.30. The van der Waals surface area contributed by atoms with Gasteiger partial charge < -0.3 is 14.1 Å². The Morgan fingerprint density at radius 1 is 1.21 bits per heavy atom. The van der Waals surface area contributed by atoms with Crippen molar-refractivity contribution < 1.29 is 13.9 Å². The highest BCUT2D eigenvalue weighted by Crippen LogP contribution is 2.28. The van der Waals surface area contributed by atoms with Crippen LogP contribution in [0.1, 0.15) is 46.5 Å². The lowest BCUT2D eigenvalue weighted by molar-refractivity contribution is 0.0691. The number of ether oxygens (including phenoxy) is 1. The van der Waals surface area contributed by atoms with Crippen molar-refractivity contribution in [2.75, 3.05) is 20.2 Å². The third-order valence-electron chi connectivity index (χ3n) is 4.95. The lowest BCUT2D eigenvalue weighted by Crippen LogP contribution is -2.39. The number of piperidine rings is 1. The van der Waals surface area contributed by atoms with Crippen molar-refractivity contribution in [1.29, 1.82) is 0 Å². The molecule has 0 bridgehead atoms. The Kier molecular flexibility index (Phi) is 5.32. The van der Waals surface area contributed by atoms with E-state index in [1.165, 1.54) is 12.4 Å². The number of methoxy groups -OCH3 is 1. The Morgan fingerprint density at radius 2 is 2.07 bits per heavy atom. The predicted octanol–water partition coefficient (Wildman–Crippen LogP) is 3.08. The molecule has 1 aromatic carbocycles. The van der Waals surface area contributed by atoms with E-state index >= 15 is 0 Å². The molecule has 144 valence electrons. The number of aromatic nitrogens is 3. The second kappa shape index (κ2) is 8.21. The SMILES string of the molecule is COc1ccc(Cc2cnc([C@H]3CCCN(C(=O)c4cnccn4)C3)o2)cc1. The van der Waals surface area contributed by atoms with Crippen LogP contribution in [0.25, 0.3) is 0 Å². The second-order valence-corrected chi connectivity index (χ2v) is 6.87. The van der Waals surface area contributed by atoms with Gasteiger partial charge in [0, 0.05) is 31.9 Å². The standard InChI is InChI=1S/C21H22N4O3/c1-27-17-6-4-15(5-7-17)11-18-12-24-20(28-18)16-3-2-10-25(14-16)21(26)19-13-22-8-9-23-19/h4-9,12-13,16H,2-3,10-11,14H2,1H3/t16-/m0/s1. The third-order valence-corrected chi connectivity index (χ3v) is 4.95. The molecule has 0 unspecified atom stereocenters. The molecule has 1 fully saturated rings. The number of hydrogen-bond donors (Lipinski definition) is 0. The minimum absolute atomic E-state index is 0.0946. The van der Waals surface area contributed by atoms with Crippen LogP contribution in [0.15, 0.2) is 53.5 Å².